The van der Waals surface area contributed by atoms with E-state index in [0.29, 0.717) is 50.5 Å². The molecule has 1 aromatic carbocycles. The molecule has 5 rings (SSSR count). The molecule has 3 amide bonds. The fourth-order valence-corrected chi connectivity index (χ4v) is 4.32. The third kappa shape index (κ3) is 4.83. The summed E-state index contributed by atoms with van der Waals surface area (Å²) in [5.41, 5.74) is 4.23. The molecule has 2 aliphatic heterocycles. The minimum Gasteiger partial charge on any atom is -0.377 e. The van der Waals surface area contributed by atoms with Crippen LogP contribution < -0.4 is 15.5 Å². The van der Waals surface area contributed by atoms with Crippen molar-refractivity contribution < 1.29 is 19.1 Å². The molecule has 1 aromatic heterocycles. The van der Waals surface area contributed by atoms with Gasteiger partial charge in [-0.25, -0.2) is 14.8 Å². The van der Waals surface area contributed by atoms with E-state index in [0.717, 1.165) is 35.4 Å². The van der Waals surface area contributed by atoms with Gasteiger partial charge in [-0.05, 0) is 31.9 Å². The summed E-state index contributed by atoms with van der Waals surface area (Å²) in [5, 5.41) is 5.80. The van der Waals surface area contributed by atoms with Crippen molar-refractivity contribution >= 4 is 23.6 Å². The Balaban J connectivity index is 1.44. The van der Waals surface area contributed by atoms with Crippen LogP contribution in [0.25, 0.3) is 11.3 Å². The quantitative estimate of drug-likeness (QED) is 0.671. The van der Waals surface area contributed by atoms with Gasteiger partial charge in [-0.1, -0.05) is 12.1 Å². The van der Waals surface area contributed by atoms with Crippen LogP contribution in [0.3, 0.4) is 0 Å². The molecule has 0 radical (unpaired) electrons. The predicted molar refractivity (Wildman–Crippen MR) is 126 cm³/mol. The second-order valence-corrected chi connectivity index (χ2v) is 9.05. The largest absolute Gasteiger partial charge is 0.377 e. The molecular formula is C24H30N6O4. The highest BCUT2D eigenvalue weighted by Crippen LogP contribution is 2.33. The third-order valence-electron chi connectivity index (χ3n) is 6.34. The molecule has 0 spiro atoms. The Kier molecular flexibility index (Phi) is 6.34. The summed E-state index contributed by atoms with van der Waals surface area (Å²) in [4.78, 5) is 38.3. The van der Waals surface area contributed by atoms with Gasteiger partial charge in [0.15, 0.2) is 0 Å². The van der Waals surface area contributed by atoms with Crippen LogP contribution >= 0.6 is 0 Å². The molecule has 3 aliphatic rings. The number of nitrogens with one attached hydrogen (secondary N) is 2. The van der Waals surface area contributed by atoms with E-state index in [1.54, 1.807) is 4.90 Å². The fraction of sp³-hybridized carbons (Fsp3) is 0.500. The topological polar surface area (TPSA) is 109 Å². The van der Waals surface area contributed by atoms with Crippen LogP contribution in [0.4, 0.5) is 16.4 Å². The normalized spacial score (nSPS) is 19.6. The summed E-state index contributed by atoms with van der Waals surface area (Å²) in [6.45, 7) is 4.96. The molecule has 10 heteroatoms. The lowest BCUT2D eigenvalue weighted by molar-refractivity contribution is -0.135. The third-order valence-corrected chi connectivity index (χ3v) is 6.34. The van der Waals surface area contributed by atoms with E-state index < -0.39 is 0 Å². The summed E-state index contributed by atoms with van der Waals surface area (Å²) in [6.07, 6.45) is 2.08. The molecule has 0 bridgehead atoms. The lowest BCUT2D eigenvalue weighted by atomic mass is 10.1. The SMILES string of the molecule is COCC(=O)N1Cc2nc(N3CCOCC3C)nc(-c3ccc(NC(=O)NC4CC4)cc3)c2C1. The molecule has 10 nitrogen and oxygen atoms in total. The van der Waals surface area contributed by atoms with Crippen molar-refractivity contribution in [2.45, 2.75) is 44.9 Å². The average Bonchev–Trinajstić information content (AvgIpc) is 3.53. The molecule has 1 saturated carbocycles. The van der Waals surface area contributed by atoms with E-state index in [4.69, 9.17) is 19.4 Å². The Bertz CT molecular complexity index is 1070. The highest BCUT2D eigenvalue weighted by atomic mass is 16.5. The van der Waals surface area contributed by atoms with Crippen LogP contribution in [0, 0.1) is 0 Å². The predicted octanol–water partition coefficient (Wildman–Crippen LogP) is 2.14. The number of nitrogens with zero attached hydrogens (tertiary/aromatic N) is 4. The monoisotopic (exact) mass is 466 g/mol. The first kappa shape index (κ1) is 22.5. The van der Waals surface area contributed by atoms with Gasteiger partial charge in [0.2, 0.25) is 11.9 Å². The van der Waals surface area contributed by atoms with E-state index in [1.165, 1.54) is 7.11 Å². The zero-order valence-corrected chi connectivity index (χ0v) is 19.5. The van der Waals surface area contributed by atoms with Crippen molar-refractivity contribution in [1.29, 1.82) is 0 Å². The number of carbonyl (C=O) groups excluding carboxylic acids is 2. The number of amides is 3. The molecule has 1 atom stereocenters. The van der Waals surface area contributed by atoms with E-state index in [-0.39, 0.29) is 24.6 Å². The Morgan fingerprint density at radius 3 is 2.68 bits per heavy atom. The van der Waals surface area contributed by atoms with Crippen molar-refractivity contribution in [1.82, 2.24) is 20.2 Å². The average molecular weight is 467 g/mol. The van der Waals surface area contributed by atoms with Crippen LogP contribution in [0.1, 0.15) is 31.0 Å². The minimum atomic E-state index is -0.186. The van der Waals surface area contributed by atoms with E-state index in [2.05, 4.69) is 22.5 Å². The van der Waals surface area contributed by atoms with Crippen LogP contribution in [0.2, 0.25) is 0 Å². The number of hydrogen-bond acceptors (Lipinski definition) is 7. The molecule has 1 aliphatic carbocycles. The maximum Gasteiger partial charge on any atom is 0.319 e. The first-order valence-electron chi connectivity index (χ1n) is 11.7. The van der Waals surface area contributed by atoms with Gasteiger partial charge in [-0.2, -0.15) is 0 Å². The summed E-state index contributed by atoms with van der Waals surface area (Å²) in [6, 6.07) is 7.90. The molecule has 3 heterocycles. The first-order valence-corrected chi connectivity index (χ1v) is 11.7. The Hall–Kier alpha value is -3.24. The van der Waals surface area contributed by atoms with Gasteiger partial charge in [0.05, 0.1) is 43.7 Å². The van der Waals surface area contributed by atoms with E-state index in [1.807, 2.05) is 24.3 Å². The van der Waals surface area contributed by atoms with Gasteiger partial charge in [0.25, 0.3) is 0 Å². The summed E-state index contributed by atoms with van der Waals surface area (Å²) >= 11 is 0. The van der Waals surface area contributed by atoms with Crippen LogP contribution in [-0.4, -0.2) is 72.4 Å². The molecule has 1 unspecified atom stereocenters. The first-order chi connectivity index (χ1) is 16.5. The van der Waals surface area contributed by atoms with E-state index >= 15 is 0 Å². The number of carbonyl (C=O) groups is 2. The van der Waals surface area contributed by atoms with Gasteiger partial charge < -0.3 is 29.9 Å². The number of benzene rings is 1. The van der Waals surface area contributed by atoms with Crippen LogP contribution in [0.15, 0.2) is 24.3 Å². The number of urea groups is 1. The van der Waals surface area contributed by atoms with Crippen molar-refractivity contribution in [3.05, 3.63) is 35.5 Å². The van der Waals surface area contributed by atoms with Gasteiger partial charge >= 0.3 is 6.03 Å². The zero-order chi connectivity index (χ0) is 23.7. The number of rotatable bonds is 6. The molecule has 2 N–H and O–H groups in total. The minimum absolute atomic E-state index is 0.0351. The molecule has 180 valence electrons. The van der Waals surface area contributed by atoms with Crippen molar-refractivity contribution in [3.63, 3.8) is 0 Å². The van der Waals surface area contributed by atoms with Crippen LogP contribution in [0.5, 0.6) is 0 Å². The van der Waals surface area contributed by atoms with Gasteiger partial charge in [-0.15, -0.1) is 0 Å². The number of hydrogen-bond donors (Lipinski definition) is 2. The highest BCUT2D eigenvalue weighted by Gasteiger charge is 2.31. The number of aromatic nitrogens is 2. The standard InChI is InChI=1S/C24H30N6O4/c1-15-13-34-10-9-30(15)23-27-20-12-29(21(31)14-33-2)11-19(20)22(28-23)16-3-5-17(6-4-16)25-24(32)26-18-7-8-18/h3-6,15,18H,7-14H2,1-2H3,(H2,25,26,32). The second-order valence-electron chi connectivity index (χ2n) is 9.05. The molecule has 1 saturated heterocycles. The van der Waals surface area contributed by atoms with Gasteiger partial charge in [-0.3, -0.25) is 4.79 Å². The number of methoxy groups -OCH3 is 1. The summed E-state index contributed by atoms with van der Waals surface area (Å²) in [7, 11) is 1.52. The number of anilines is 2. The lowest BCUT2D eigenvalue weighted by Gasteiger charge is -2.33. The summed E-state index contributed by atoms with van der Waals surface area (Å²) in [5.74, 6) is 0.575. The zero-order valence-electron chi connectivity index (χ0n) is 19.5. The summed E-state index contributed by atoms with van der Waals surface area (Å²) < 4.78 is 10.6. The van der Waals surface area contributed by atoms with Crippen molar-refractivity contribution in [3.8, 4) is 11.3 Å². The number of fused-ring (bicyclic) bond motifs is 1. The second kappa shape index (κ2) is 9.55. The maximum absolute atomic E-state index is 12.5. The highest BCUT2D eigenvalue weighted by molar-refractivity contribution is 5.90. The van der Waals surface area contributed by atoms with Gasteiger partial charge in [0.1, 0.15) is 6.61 Å². The molecule has 2 fully saturated rings. The Labute approximate surface area is 198 Å². The Morgan fingerprint density at radius 1 is 1.18 bits per heavy atom. The fourth-order valence-electron chi connectivity index (χ4n) is 4.32. The van der Waals surface area contributed by atoms with Crippen molar-refractivity contribution in [2.75, 3.05) is 43.7 Å². The van der Waals surface area contributed by atoms with Crippen LogP contribution in [-0.2, 0) is 27.4 Å². The maximum atomic E-state index is 12.5. The Morgan fingerprint density at radius 2 is 1.97 bits per heavy atom. The molecular weight excluding hydrogens is 436 g/mol. The number of morpholine rings is 1. The van der Waals surface area contributed by atoms with E-state index in [9.17, 15) is 9.59 Å². The molecule has 34 heavy (non-hydrogen) atoms. The smallest absolute Gasteiger partial charge is 0.319 e. The van der Waals surface area contributed by atoms with Gasteiger partial charge in [0, 0.05) is 36.5 Å². The lowest BCUT2D eigenvalue weighted by Crippen LogP contribution is -2.44. The van der Waals surface area contributed by atoms with Crippen molar-refractivity contribution in [2.24, 2.45) is 0 Å². The molecule has 2 aromatic rings. The number of ether oxygens (including phenoxy) is 2.